The van der Waals surface area contributed by atoms with Crippen molar-refractivity contribution in [3.8, 4) is 0 Å². The van der Waals surface area contributed by atoms with Gasteiger partial charge in [-0.3, -0.25) is 4.79 Å². The first-order chi connectivity index (χ1) is 8.43. The summed E-state index contributed by atoms with van der Waals surface area (Å²) in [5.74, 6) is -0.787. The monoisotopic (exact) mass is 258 g/mol. The molecule has 5 heteroatoms. The first-order valence-electron chi connectivity index (χ1n) is 6.03. The lowest BCUT2D eigenvalue weighted by Crippen LogP contribution is -2.14. The van der Waals surface area contributed by atoms with Gasteiger partial charge in [0, 0.05) is 18.6 Å². The van der Waals surface area contributed by atoms with Gasteiger partial charge in [-0.25, -0.2) is 4.79 Å². The highest BCUT2D eigenvalue weighted by molar-refractivity contribution is 5.86. The van der Waals surface area contributed by atoms with E-state index in [9.17, 15) is 9.59 Å². The molecule has 0 atom stereocenters. The predicted octanol–water partition coefficient (Wildman–Crippen LogP) is 1.85. The molecule has 0 unspecified atom stereocenters. The molecule has 0 N–H and O–H groups in total. The molecule has 0 aromatic rings. The van der Waals surface area contributed by atoms with Crippen molar-refractivity contribution in [2.45, 2.75) is 39.7 Å². The average molecular weight is 258 g/mol. The number of ether oxygens (including phenoxy) is 3. The molecule has 0 aliphatic heterocycles. The van der Waals surface area contributed by atoms with Crippen LogP contribution in [-0.2, 0) is 23.8 Å². The summed E-state index contributed by atoms with van der Waals surface area (Å²) in [5, 5.41) is 0. The number of hydrogen-bond donors (Lipinski definition) is 0. The normalized spacial score (nSPS) is 10.2. The molecule has 0 heterocycles. The molecule has 0 aromatic carbocycles. The molecular weight excluding hydrogens is 236 g/mol. The highest BCUT2D eigenvalue weighted by Gasteiger charge is 2.05. The molecule has 5 nitrogen and oxygen atoms in total. The van der Waals surface area contributed by atoms with Gasteiger partial charge in [0.15, 0.2) is 0 Å². The van der Waals surface area contributed by atoms with Crippen molar-refractivity contribution in [2.24, 2.45) is 0 Å². The maximum atomic E-state index is 11.2. The van der Waals surface area contributed by atoms with E-state index in [0.29, 0.717) is 25.0 Å². The molecule has 0 saturated heterocycles. The summed E-state index contributed by atoms with van der Waals surface area (Å²) in [6.07, 6.45) is 1.10. The highest BCUT2D eigenvalue weighted by atomic mass is 16.6. The minimum atomic E-state index is -0.476. The molecule has 0 aromatic heterocycles. The number of esters is 2. The van der Waals surface area contributed by atoms with Crippen molar-refractivity contribution < 1.29 is 23.8 Å². The first kappa shape index (κ1) is 16.6. The molecule has 0 fully saturated rings. The van der Waals surface area contributed by atoms with Crippen LogP contribution in [0.5, 0.6) is 0 Å². The van der Waals surface area contributed by atoms with Gasteiger partial charge in [0.2, 0.25) is 0 Å². The van der Waals surface area contributed by atoms with Gasteiger partial charge in [0.05, 0.1) is 6.10 Å². The number of rotatable bonds is 9. The third kappa shape index (κ3) is 9.84. The van der Waals surface area contributed by atoms with Gasteiger partial charge in [-0.05, 0) is 27.2 Å². The Hall–Kier alpha value is -1.36. The van der Waals surface area contributed by atoms with Crippen molar-refractivity contribution in [3.63, 3.8) is 0 Å². The van der Waals surface area contributed by atoms with Crippen molar-refractivity contribution in [3.05, 3.63) is 12.2 Å². The Morgan fingerprint density at radius 2 is 1.72 bits per heavy atom. The van der Waals surface area contributed by atoms with E-state index >= 15 is 0 Å². The fourth-order valence-corrected chi connectivity index (χ4v) is 1.02. The first-order valence-corrected chi connectivity index (χ1v) is 6.03. The van der Waals surface area contributed by atoms with Crippen LogP contribution in [0.25, 0.3) is 0 Å². The largest absolute Gasteiger partial charge is 0.462 e. The SMILES string of the molecule is C=C(C)C(=O)OCCOC(=O)CCCOC(C)C. The molecule has 0 radical (unpaired) electrons. The van der Waals surface area contributed by atoms with Crippen molar-refractivity contribution in [2.75, 3.05) is 19.8 Å². The van der Waals surface area contributed by atoms with Crippen LogP contribution in [-0.4, -0.2) is 37.9 Å². The predicted molar refractivity (Wildman–Crippen MR) is 67.1 cm³/mol. The van der Waals surface area contributed by atoms with E-state index in [2.05, 4.69) is 6.58 Å². The molecule has 104 valence electrons. The summed E-state index contributed by atoms with van der Waals surface area (Å²) in [4.78, 5) is 22.2. The second-order valence-electron chi connectivity index (χ2n) is 4.16. The lowest BCUT2D eigenvalue weighted by Gasteiger charge is -2.08. The fraction of sp³-hybridized carbons (Fsp3) is 0.692. The number of hydrogen-bond acceptors (Lipinski definition) is 5. The second kappa shape index (κ2) is 9.65. The Kier molecular flexibility index (Phi) is 8.92. The second-order valence-corrected chi connectivity index (χ2v) is 4.16. The van der Waals surface area contributed by atoms with Gasteiger partial charge in [-0.1, -0.05) is 6.58 Å². The van der Waals surface area contributed by atoms with Gasteiger partial charge in [-0.15, -0.1) is 0 Å². The summed E-state index contributed by atoms with van der Waals surface area (Å²) in [5.41, 5.74) is 0.326. The zero-order valence-electron chi connectivity index (χ0n) is 11.4. The summed E-state index contributed by atoms with van der Waals surface area (Å²) in [6.45, 7) is 9.54. The maximum Gasteiger partial charge on any atom is 0.333 e. The van der Waals surface area contributed by atoms with E-state index in [1.54, 1.807) is 6.92 Å². The Balaban J connectivity index is 3.43. The minimum absolute atomic E-state index is 0.0555. The number of carbonyl (C=O) groups is 2. The fourth-order valence-electron chi connectivity index (χ4n) is 1.02. The van der Waals surface area contributed by atoms with Crippen LogP contribution < -0.4 is 0 Å². The third-order valence-electron chi connectivity index (χ3n) is 1.90. The minimum Gasteiger partial charge on any atom is -0.462 e. The van der Waals surface area contributed by atoms with E-state index in [1.807, 2.05) is 13.8 Å². The Labute approximate surface area is 108 Å². The standard InChI is InChI=1S/C13H22O5/c1-10(2)13(15)18-9-8-17-12(14)6-5-7-16-11(3)4/h11H,1,5-9H2,2-4H3. The van der Waals surface area contributed by atoms with Crippen LogP contribution in [0.1, 0.15) is 33.6 Å². The molecule has 0 rings (SSSR count). The number of carbonyl (C=O) groups excluding carboxylic acids is 2. The average Bonchev–Trinajstić information content (AvgIpc) is 2.29. The van der Waals surface area contributed by atoms with Crippen LogP contribution in [0.2, 0.25) is 0 Å². The van der Waals surface area contributed by atoms with Crippen LogP contribution in [0.3, 0.4) is 0 Å². The molecular formula is C13H22O5. The smallest absolute Gasteiger partial charge is 0.333 e. The zero-order valence-corrected chi connectivity index (χ0v) is 11.4. The van der Waals surface area contributed by atoms with E-state index in [1.165, 1.54) is 0 Å². The summed E-state index contributed by atoms with van der Waals surface area (Å²) < 4.78 is 14.9. The van der Waals surface area contributed by atoms with E-state index < -0.39 is 5.97 Å². The molecule has 0 aliphatic carbocycles. The van der Waals surface area contributed by atoms with Gasteiger partial charge in [0.1, 0.15) is 13.2 Å². The zero-order chi connectivity index (χ0) is 14.0. The highest BCUT2D eigenvalue weighted by Crippen LogP contribution is 1.97. The molecule has 0 amide bonds. The summed E-state index contributed by atoms with van der Waals surface area (Å²) in [6, 6.07) is 0. The van der Waals surface area contributed by atoms with Crippen LogP contribution >= 0.6 is 0 Å². The molecule has 0 bridgehead atoms. The van der Waals surface area contributed by atoms with E-state index in [-0.39, 0.29) is 25.3 Å². The van der Waals surface area contributed by atoms with Gasteiger partial charge in [-0.2, -0.15) is 0 Å². The Bertz CT molecular complexity index is 283. The lowest BCUT2D eigenvalue weighted by molar-refractivity contribution is -0.150. The van der Waals surface area contributed by atoms with Crippen LogP contribution in [0, 0.1) is 0 Å². The summed E-state index contributed by atoms with van der Waals surface area (Å²) in [7, 11) is 0. The third-order valence-corrected chi connectivity index (χ3v) is 1.90. The van der Waals surface area contributed by atoms with Crippen LogP contribution in [0.4, 0.5) is 0 Å². The molecule has 0 aliphatic rings. The Morgan fingerprint density at radius 3 is 2.28 bits per heavy atom. The van der Waals surface area contributed by atoms with E-state index in [4.69, 9.17) is 14.2 Å². The molecule has 0 saturated carbocycles. The van der Waals surface area contributed by atoms with Gasteiger partial charge in [0.25, 0.3) is 0 Å². The van der Waals surface area contributed by atoms with Gasteiger partial charge < -0.3 is 14.2 Å². The molecule has 18 heavy (non-hydrogen) atoms. The summed E-state index contributed by atoms with van der Waals surface area (Å²) >= 11 is 0. The van der Waals surface area contributed by atoms with E-state index in [0.717, 1.165) is 0 Å². The lowest BCUT2D eigenvalue weighted by atomic mass is 10.3. The van der Waals surface area contributed by atoms with Crippen molar-refractivity contribution in [1.29, 1.82) is 0 Å². The van der Waals surface area contributed by atoms with Gasteiger partial charge >= 0.3 is 11.9 Å². The van der Waals surface area contributed by atoms with Crippen LogP contribution in [0.15, 0.2) is 12.2 Å². The molecule has 0 spiro atoms. The van der Waals surface area contributed by atoms with Crippen molar-refractivity contribution in [1.82, 2.24) is 0 Å². The Morgan fingerprint density at radius 1 is 1.11 bits per heavy atom. The quantitative estimate of drug-likeness (QED) is 0.359. The maximum absolute atomic E-state index is 11.2. The topological polar surface area (TPSA) is 61.8 Å². The van der Waals surface area contributed by atoms with Crippen molar-refractivity contribution >= 4 is 11.9 Å².